The van der Waals surface area contributed by atoms with Gasteiger partial charge in [0, 0.05) is 55.4 Å². The van der Waals surface area contributed by atoms with Gasteiger partial charge in [-0.1, -0.05) is 0 Å². The standard InChI is InChI=1S/C18H24N6/c1-13-9-14(2)24-18(21-13)16(10-20-24)12-23-7-4-5-15(11-23)17-19-6-8-22(17)3/h6,8-10,15H,4-5,7,11-12H2,1-3H3. The molecule has 0 amide bonds. The maximum atomic E-state index is 4.70. The van der Waals surface area contributed by atoms with E-state index in [1.165, 1.54) is 24.2 Å². The summed E-state index contributed by atoms with van der Waals surface area (Å²) >= 11 is 0. The van der Waals surface area contributed by atoms with Gasteiger partial charge < -0.3 is 4.57 Å². The van der Waals surface area contributed by atoms with Crippen LogP contribution in [0, 0.1) is 13.8 Å². The Morgan fingerprint density at radius 2 is 2.17 bits per heavy atom. The first kappa shape index (κ1) is 15.3. The number of aryl methyl sites for hydroxylation is 3. The molecule has 1 aliphatic heterocycles. The molecule has 1 aliphatic rings. The van der Waals surface area contributed by atoms with E-state index in [9.17, 15) is 0 Å². The highest BCUT2D eigenvalue weighted by molar-refractivity contribution is 5.47. The molecule has 0 aliphatic carbocycles. The van der Waals surface area contributed by atoms with E-state index in [1.807, 2.05) is 30.0 Å². The Bertz CT molecular complexity index is 862. The van der Waals surface area contributed by atoms with E-state index in [2.05, 4.69) is 39.6 Å². The lowest BCUT2D eigenvalue weighted by Crippen LogP contribution is -2.34. The number of piperidine rings is 1. The fraction of sp³-hybridized carbons (Fsp3) is 0.500. The lowest BCUT2D eigenvalue weighted by atomic mass is 9.97. The topological polar surface area (TPSA) is 51.2 Å². The summed E-state index contributed by atoms with van der Waals surface area (Å²) < 4.78 is 4.10. The van der Waals surface area contributed by atoms with Gasteiger partial charge in [0.1, 0.15) is 5.82 Å². The predicted molar refractivity (Wildman–Crippen MR) is 92.9 cm³/mol. The smallest absolute Gasteiger partial charge is 0.159 e. The van der Waals surface area contributed by atoms with Crippen molar-refractivity contribution >= 4 is 5.65 Å². The van der Waals surface area contributed by atoms with Crippen molar-refractivity contribution in [3.05, 3.63) is 47.4 Å². The Hall–Kier alpha value is -2.21. The zero-order valence-electron chi connectivity index (χ0n) is 14.6. The van der Waals surface area contributed by atoms with Crippen LogP contribution in [0.1, 0.15) is 41.5 Å². The van der Waals surface area contributed by atoms with Crippen LogP contribution in [0.25, 0.3) is 5.65 Å². The Balaban J connectivity index is 1.56. The fourth-order valence-electron chi connectivity index (χ4n) is 3.85. The van der Waals surface area contributed by atoms with Gasteiger partial charge in [0.25, 0.3) is 0 Å². The molecule has 1 saturated heterocycles. The number of rotatable bonds is 3. The molecule has 0 saturated carbocycles. The summed E-state index contributed by atoms with van der Waals surface area (Å²) in [5, 5.41) is 4.52. The Labute approximate surface area is 142 Å². The number of nitrogens with zero attached hydrogens (tertiary/aromatic N) is 6. The summed E-state index contributed by atoms with van der Waals surface area (Å²) in [5.74, 6) is 1.71. The van der Waals surface area contributed by atoms with E-state index < -0.39 is 0 Å². The molecule has 0 spiro atoms. The van der Waals surface area contributed by atoms with E-state index in [-0.39, 0.29) is 0 Å². The van der Waals surface area contributed by atoms with Crippen LogP contribution in [0.15, 0.2) is 24.7 Å². The third-order valence-electron chi connectivity index (χ3n) is 4.97. The maximum Gasteiger partial charge on any atom is 0.159 e. The first-order valence-electron chi connectivity index (χ1n) is 8.62. The first-order chi connectivity index (χ1) is 11.6. The Kier molecular flexibility index (Phi) is 3.84. The van der Waals surface area contributed by atoms with Crippen LogP contribution in [0.5, 0.6) is 0 Å². The van der Waals surface area contributed by atoms with Crippen LogP contribution < -0.4 is 0 Å². The monoisotopic (exact) mass is 324 g/mol. The number of hydrogen-bond donors (Lipinski definition) is 0. The zero-order valence-corrected chi connectivity index (χ0v) is 14.6. The molecule has 0 aromatic carbocycles. The van der Waals surface area contributed by atoms with E-state index in [0.29, 0.717) is 5.92 Å². The van der Waals surface area contributed by atoms with Gasteiger partial charge in [0.2, 0.25) is 0 Å². The van der Waals surface area contributed by atoms with Crippen molar-refractivity contribution in [3.8, 4) is 0 Å². The molecule has 1 fully saturated rings. The number of likely N-dealkylation sites (tertiary alicyclic amines) is 1. The van der Waals surface area contributed by atoms with Crippen molar-refractivity contribution in [1.29, 1.82) is 0 Å². The second kappa shape index (κ2) is 6.02. The third kappa shape index (κ3) is 2.71. The summed E-state index contributed by atoms with van der Waals surface area (Å²) in [5.41, 5.74) is 4.38. The van der Waals surface area contributed by atoms with Gasteiger partial charge in [0.15, 0.2) is 5.65 Å². The van der Waals surface area contributed by atoms with Crippen LogP contribution in [0.3, 0.4) is 0 Å². The molecule has 126 valence electrons. The lowest BCUT2D eigenvalue weighted by Gasteiger charge is -2.32. The van der Waals surface area contributed by atoms with E-state index in [4.69, 9.17) is 4.98 Å². The van der Waals surface area contributed by atoms with Crippen LogP contribution in [-0.4, -0.2) is 42.1 Å². The molecular formula is C18H24N6. The van der Waals surface area contributed by atoms with Gasteiger partial charge in [-0.15, -0.1) is 0 Å². The van der Waals surface area contributed by atoms with Gasteiger partial charge in [-0.25, -0.2) is 14.5 Å². The predicted octanol–water partition coefficient (Wildman–Crippen LogP) is 2.46. The summed E-state index contributed by atoms with van der Waals surface area (Å²) in [6.07, 6.45) is 8.33. The molecule has 3 aromatic rings. The van der Waals surface area contributed by atoms with Crippen molar-refractivity contribution in [1.82, 2.24) is 29.0 Å². The molecular weight excluding hydrogens is 300 g/mol. The molecule has 1 atom stereocenters. The average molecular weight is 324 g/mol. The minimum atomic E-state index is 0.511. The molecule has 0 radical (unpaired) electrons. The van der Waals surface area contributed by atoms with Crippen LogP contribution in [-0.2, 0) is 13.6 Å². The van der Waals surface area contributed by atoms with Crippen LogP contribution in [0.4, 0.5) is 0 Å². The molecule has 6 nitrogen and oxygen atoms in total. The van der Waals surface area contributed by atoms with E-state index >= 15 is 0 Å². The normalized spacial score (nSPS) is 19.2. The number of imidazole rings is 1. The molecule has 4 rings (SSSR count). The largest absolute Gasteiger partial charge is 0.338 e. The van der Waals surface area contributed by atoms with E-state index in [1.54, 1.807) is 0 Å². The zero-order chi connectivity index (χ0) is 16.7. The van der Waals surface area contributed by atoms with Gasteiger partial charge in [-0.3, -0.25) is 4.90 Å². The van der Waals surface area contributed by atoms with Gasteiger partial charge in [0.05, 0.1) is 6.20 Å². The van der Waals surface area contributed by atoms with Gasteiger partial charge in [-0.2, -0.15) is 5.10 Å². The summed E-state index contributed by atoms with van der Waals surface area (Å²) in [4.78, 5) is 11.8. The van der Waals surface area contributed by atoms with E-state index in [0.717, 1.165) is 36.7 Å². The Morgan fingerprint density at radius 1 is 1.29 bits per heavy atom. The second-order valence-electron chi connectivity index (χ2n) is 6.91. The minimum absolute atomic E-state index is 0.511. The van der Waals surface area contributed by atoms with Crippen LogP contribution in [0.2, 0.25) is 0 Å². The number of aromatic nitrogens is 5. The third-order valence-corrected chi connectivity index (χ3v) is 4.97. The van der Waals surface area contributed by atoms with Crippen molar-refractivity contribution in [2.45, 2.75) is 39.2 Å². The number of fused-ring (bicyclic) bond motifs is 1. The highest BCUT2D eigenvalue weighted by atomic mass is 15.3. The Morgan fingerprint density at radius 3 is 2.96 bits per heavy atom. The molecule has 24 heavy (non-hydrogen) atoms. The van der Waals surface area contributed by atoms with Crippen molar-refractivity contribution in [3.63, 3.8) is 0 Å². The lowest BCUT2D eigenvalue weighted by molar-refractivity contribution is 0.196. The summed E-state index contributed by atoms with van der Waals surface area (Å²) in [6, 6.07) is 2.07. The fourth-order valence-corrected chi connectivity index (χ4v) is 3.85. The first-order valence-corrected chi connectivity index (χ1v) is 8.62. The SMILES string of the molecule is Cc1cc(C)n2ncc(CN3CCCC(c4nccn4C)C3)c2n1. The van der Waals surface area contributed by atoms with Crippen LogP contribution >= 0.6 is 0 Å². The minimum Gasteiger partial charge on any atom is -0.338 e. The average Bonchev–Trinajstić information content (AvgIpc) is 3.15. The molecule has 1 unspecified atom stereocenters. The summed E-state index contributed by atoms with van der Waals surface area (Å²) in [7, 11) is 2.09. The maximum absolute atomic E-state index is 4.70. The molecule has 0 bridgehead atoms. The quantitative estimate of drug-likeness (QED) is 0.742. The summed E-state index contributed by atoms with van der Waals surface area (Å²) in [6.45, 7) is 7.20. The molecule has 4 heterocycles. The molecule has 3 aromatic heterocycles. The molecule has 0 N–H and O–H groups in total. The molecule has 6 heteroatoms. The highest BCUT2D eigenvalue weighted by Crippen LogP contribution is 2.27. The van der Waals surface area contributed by atoms with Crippen molar-refractivity contribution < 1.29 is 0 Å². The van der Waals surface area contributed by atoms with Crippen molar-refractivity contribution in [2.24, 2.45) is 7.05 Å². The van der Waals surface area contributed by atoms with Gasteiger partial charge >= 0.3 is 0 Å². The van der Waals surface area contributed by atoms with Crippen molar-refractivity contribution in [2.75, 3.05) is 13.1 Å². The van der Waals surface area contributed by atoms with Gasteiger partial charge in [-0.05, 0) is 39.3 Å². The highest BCUT2D eigenvalue weighted by Gasteiger charge is 2.25. The second-order valence-corrected chi connectivity index (χ2v) is 6.91. The number of hydrogen-bond acceptors (Lipinski definition) is 4.